The topological polar surface area (TPSA) is 94.3 Å². The number of esters is 1. The van der Waals surface area contributed by atoms with Gasteiger partial charge in [0.1, 0.15) is 5.75 Å². The van der Waals surface area contributed by atoms with Gasteiger partial charge >= 0.3 is 5.97 Å². The van der Waals surface area contributed by atoms with E-state index >= 15 is 0 Å². The normalized spacial score (nSPS) is 16.2. The lowest BCUT2D eigenvalue weighted by molar-refractivity contribution is -0.384. The highest BCUT2D eigenvalue weighted by Gasteiger charge is 2.30. The minimum Gasteiger partial charge on any atom is -0.497 e. The molecule has 0 saturated carbocycles. The molecule has 1 atom stereocenters. The van der Waals surface area contributed by atoms with Crippen molar-refractivity contribution >= 4 is 17.4 Å². The maximum Gasteiger partial charge on any atom is 0.332 e. The third-order valence-electron chi connectivity index (χ3n) is 4.78. The van der Waals surface area contributed by atoms with Crippen LogP contribution in [-0.2, 0) is 9.53 Å². The van der Waals surface area contributed by atoms with Crippen molar-refractivity contribution in [2.45, 2.75) is 26.3 Å². The van der Waals surface area contributed by atoms with E-state index in [1.54, 1.807) is 38.1 Å². The molecular weight excluding hydrogens is 386 g/mol. The molecule has 0 aromatic heterocycles. The van der Waals surface area contributed by atoms with Gasteiger partial charge in [0.2, 0.25) is 0 Å². The van der Waals surface area contributed by atoms with Crippen molar-refractivity contribution in [1.29, 1.82) is 0 Å². The number of allylic oxidation sites excluding steroid dienone is 1. The van der Waals surface area contributed by atoms with Gasteiger partial charge in [0.05, 0.1) is 30.4 Å². The molecule has 1 aliphatic rings. The Morgan fingerprint density at radius 1 is 1.30 bits per heavy atom. The lowest BCUT2D eigenvalue weighted by atomic mass is 9.98. The van der Waals surface area contributed by atoms with Crippen molar-refractivity contribution in [3.63, 3.8) is 0 Å². The van der Waals surface area contributed by atoms with Gasteiger partial charge in [0.15, 0.2) is 0 Å². The highest BCUT2D eigenvalue weighted by molar-refractivity contribution is 6.02. The summed E-state index contributed by atoms with van der Waals surface area (Å²) >= 11 is 0. The second-order valence-corrected chi connectivity index (χ2v) is 6.73. The number of carbonyl (C=O) groups is 1. The zero-order valence-corrected chi connectivity index (χ0v) is 17.1. The number of benzene rings is 2. The van der Waals surface area contributed by atoms with Gasteiger partial charge in [-0.3, -0.25) is 15.1 Å². The predicted octanol–water partition coefficient (Wildman–Crippen LogP) is 4.22. The highest BCUT2D eigenvalue weighted by atomic mass is 16.6. The van der Waals surface area contributed by atoms with Crippen LogP contribution < -0.4 is 4.74 Å². The summed E-state index contributed by atoms with van der Waals surface area (Å²) < 4.78 is 10.2. The summed E-state index contributed by atoms with van der Waals surface area (Å²) in [5.41, 5.74) is 2.99. The van der Waals surface area contributed by atoms with E-state index in [-0.39, 0.29) is 18.3 Å². The molecule has 0 spiro atoms. The average molecular weight is 409 g/mol. The molecular formula is C22H23N3O5. The maximum atomic E-state index is 11.9. The largest absolute Gasteiger partial charge is 0.497 e. The smallest absolute Gasteiger partial charge is 0.332 e. The molecule has 3 rings (SSSR count). The Hall–Kier alpha value is -3.68. The lowest BCUT2D eigenvalue weighted by Gasteiger charge is -2.24. The molecule has 1 heterocycles. The van der Waals surface area contributed by atoms with Gasteiger partial charge < -0.3 is 9.47 Å². The predicted molar refractivity (Wildman–Crippen MR) is 112 cm³/mol. The van der Waals surface area contributed by atoms with Gasteiger partial charge in [-0.1, -0.05) is 24.3 Å². The number of hydrazone groups is 1. The lowest BCUT2D eigenvalue weighted by Crippen LogP contribution is -2.18. The van der Waals surface area contributed by atoms with E-state index < -0.39 is 10.9 Å². The number of hydrogen-bond acceptors (Lipinski definition) is 7. The van der Waals surface area contributed by atoms with Crippen LogP contribution >= 0.6 is 0 Å². The summed E-state index contributed by atoms with van der Waals surface area (Å²) in [6.45, 7) is 3.82. The molecule has 8 heteroatoms. The molecule has 0 saturated heterocycles. The van der Waals surface area contributed by atoms with Crippen molar-refractivity contribution in [2.24, 2.45) is 5.10 Å². The van der Waals surface area contributed by atoms with Crippen molar-refractivity contribution in [2.75, 3.05) is 13.7 Å². The molecule has 0 unspecified atom stereocenters. The van der Waals surface area contributed by atoms with E-state index in [4.69, 9.17) is 14.6 Å². The second-order valence-electron chi connectivity index (χ2n) is 6.73. The first-order valence-corrected chi connectivity index (χ1v) is 9.53. The summed E-state index contributed by atoms with van der Waals surface area (Å²) in [6, 6.07) is 13.8. The molecule has 0 aliphatic carbocycles. The number of nitro benzene ring substituents is 1. The number of carbonyl (C=O) groups excluding carboxylic acids is 1. The summed E-state index contributed by atoms with van der Waals surface area (Å²) in [4.78, 5) is 22.7. The third-order valence-corrected chi connectivity index (χ3v) is 4.78. The fourth-order valence-electron chi connectivity index (χ4n) is 3.32. The first-order valence-electron chi connectivity index (χ1n) is 9.53. The SMILES string of the molecule is CCOC(=O)/C=C(\C)N1N=C(c2cccc([N+](=O)[O-])c2)C[C@H]1c1ccc(OC)cc1. The van der Waals surface area contributed by atoms with Gasteiger partial charge in [-0.05, 0) is 31.5 Å². The number of ether oxygens (including phenoxy) is 2. The Bertz CT molecular complexity index is 998. The molecule has 1 aliphatic heterocycles. The Labute approximate surface area is 174 Å². The number of rotatable bonds is 7. The Kier molecular flexibility index (Phi) is 6.46. The van der Waals surface area contributed by atoms with E-state index in [1.807, 2.05) is 24.3 Å². The number of non-ortho nitro benzene ring substituents is 1. The molecule has 0 fully saturated rings. The quantitative estimate of drug-likeness (QED) is 0.294. The van der Waals surface area contributed by atoms with Gasteiger partial charge in [-0.2, -0.15) is 5.10 Å². The number of nitro groups is 1. The first kappa shape index (κ1) is 21.0. The van der Waals surface area contributed by atoms with Gasteiger partial charge in [-0.15, -0.1) is 0 Å². The molecule has 0 amide bonds. The molecule has 0 bridgehead atoms. The maximum absolute atomic E-state index is 11.9. The van der Waals surface area contributed by atoms with E-state index in [0.29, 0.717) is 23.4 Å². The number of nitrogens with zero attached hydrogens (tertiary/aromatic N) is 3. The first-order chi connectivity index (χ1) is 14.4. The number of methoxy groups -OCH3 is 1. The minimum atomic E-state index is -0.442. The van der Waals surface area contributed by atoms with Crippen LogP contribution in [0.4, 0.5) is 5.69 Å². The second kappa shape index (κ2) is 9.21. The van der Waals surface area contributed by atoms with Crippen LogP contribution in [0, 0.1) is 10.1 Å². The molecule has 156 valence electrons. The monoisotopic (exact) mass is 409 g/mol. The summed E-state index contributed by atoms with van der Waals surface area (Å²) in [6.07, 6.45) is 1.93. The summed E-state index contributed by atoms with van der Waals surface area (Å²) in [5.74, 6) is 0.296. The van der Waals surface area contributed by atoms with Crippen molar-refractivity contribution in [3.05, 3.63) is 81.5 Å². The van der Waals surface area contributed by atoms with Gasteiger partial charge in [0.25, 0.3) is 5.69 Å². The van der Waals surface area contributed by atoms with Crippen LogP contribution in [0.5, 0.6) is 5.75 Å². The molecule has 8 nitrogen and oxygen atoms in total. The van der Waals surface area contributed by atoms with Crippen molar-refractivity contribution < 1.29 is 19.2 Å². The summed E-state index contributed by atoms with van der Waals surface area (Å²) in [7, 11) is 1.60. The van der Waals surface area contributed by atoms with Crippen molar-refractivity contribution in [3.8, 4) is 5.75 Å². The van der Waals surface area contributed by atoms with Gasteiger partial charge in [0, 0.05) is 35.9 Å². The van der Waals surface area contributed by atoms with E-state index in [2.05, 4.69) is 0 Å². The minimum absolute atomic E-state index is 0.00781. The fourth-order valence-corrected chi connectivity index (χ4v) is 3.32. The molecule has 0 N–H and O–H groups in total. The van der Waals surface area contributed by atoms with Crippen LogP contribution in [0.1, 0.15) is 37.4 Å². The van der Waals surface area contributed by atoms with Crippen LogP contribution in [-0.4, -0.2) is 35.3 Å². The summed E-state index contributed by atoms with van der Waals surface area (Å²) in [5, 5.41) is 17.6. The highest BCUT2D eigenvalue weighted by Crippen LogP contribution is 2.36. The average Bonchev–Trinajstić information content (AvgIpc) is 3.20. The molecule has 2 aromatic rings. The van der Waals surface area contributed by atoms with Crippen LogP contribution in [0.25, 0.3) is 0 Å². The zero-order valence-electron chi connectivity index (χ0n) is 17.1. The van der Waals surface area contributed by atoms with Crippen LogP contribution in [0.3, 0.4) is 0 Å². The standard InChI is InChI=1S/C22H23N3O5/c1-4-30-22(26)12-15(2)24-21(16-8-10-19(29-3)11-9-16)14-20(23-24)17-6-5-7-18(13-17)25(27)28/h5-13,21H,4,14H2,1-3H3/b15-12+/t21-/m0/s1. The van der Waals surface area contributed by atoms with E-state index in [0.717, 1.165) is 11.3 Å². The van der Waals surface area contributed by atoms with Gasteiger partial charge in [-0.25, -0.2) is 4.79 Å². The number of hydrogen-bond donors (Lipinski definition) is 0. The van der Waals surface area contributed by atoms with Crippen LogP contribution in [0.2, 0.25) is 0 Å². The third kappa shape index (κ3) is 4.65. The van der Waals surface area contributed by atoms with E-state index in [1.165, 1.54) is 18.2 Å². The molecule has 0 radical (unpaired) electrons. The van der Waals surface area contributed by atoms with Crippen LogP contribution in [0.15, 0.2) is 65.4 Å². The zero-order chi connectivity index (χ0) is 21.7. The Balaban J connectivity index is 1.98. The Morgan fingerprint density at radius 3 is 2.67 bits per heavy atom. The van der Waals surface area contributed by atoms with Crippen molar-refractivity contribution in [1.82, 2.24) is 5.01 Å². The molecule has 30 heavy (non-hydrogen) atoms. The van der Waals surface area contributed by atoms with E-state index in [9.17, 15) is 14.9 Å². The Morgan fingerprint density at radius 2 is 2.03 bits per heavy atom. The molecule has 2 aromatic carbocycles. The fraction of sp³-hybridized carbons (Fsp3) is 0.273.